The first-order chi connectivity index (χ1) is 14.1. The number of halogens is 2. The lowest BCUT2D eigenvalue weighted by Gasteiger charge is -2.47. The molecule has 4 rings (SSSR count). The third kappa shape index (κ3) is 3.18. The predicted molar refractivity (Wildman–Crippen MR) is 104 cm³/mol. The molecule has 3 atom stereocenters. The van der Waals surface area contributed by atoms with Crippen LogP contribution in [0.3, 0.4) is 0 Å². The summed E-state index contributed by atoms with van der Waals surface area (Å²) in [7, 11) is -2.62. The van der Waals surface area contributed by atoms with Crippen molar-refractivity contribution in [1.82, 2.24) is 9.29 Å². The van der Waals surface area contributed by atoms with Gasteiger partial charge >= 0.3 is 0 Å². The number of hydrogen-bond donors (Lipinski definition) is 1. The quantitative estimate of drug-likeness (QED) is 0.787. The zero-order valence-corrected chi connectivity index (χ0v) is 17.1. The van der Waals surface area contributed by atoms with Gasteiger partial charge in [-0.05, 0) is 43.7 Å². The summed E-state index contributed by atoms with van der Waals surface area (Å²) in [5, 5.41) is -1.10. The highest BCUT2D eigenvalue weighted by molar-refractivity contribution is 7.90. The number of guanidine groups is 1. The van der Waals surface area contributed by atoms with Crippen LogP contribution in [0.5, 0.6) is 11.6 Å². The lowest BCUT2D eigenvalue weighted by Crippen LogP contribution is -2.62. The van der Waals surface area contributed by atoms with Crippen molar-refractivity contribution in [3.63, 3.8) is 0 Å². The average Bonchev–Trinajstić information content (AvgIpc) is 2.71. The van der Waals surface area contributed by atoms with E-state index in [0.717, 1.165) is 10.4 Å². The molecule has 0 bridgehead atoms. The standard InChI is InChI=1S/C19H20F2N4O4S/c1-11-8-16-19(10-28-11,24-18(22)25(2)30(16,26)27)13-9-12(5-6-14(13)20)29-17-15(21)4-3-7-23-17/h3-7,9,11,16H,8,10H2,1-2H3,(H2,22,24)/t11-,16+,19+/m0/s1. The molecule has 1 aromatic heterocycles. The lowest BCUT2D eigenvalue weighted by molar-refractivity contribution is -0.0189. The summed E-state index contributed by atoms with van der Waals surface area (Å²) >= 11 is 0. The minimum atomic E-state index is -3.93. The van der Waals surface area contributed by atoms with Gasteiger partial charge in [0.2, 0.25) is 16.0 Å². The molecule has 30 heavy (non-hydrogen) atoms. The summed E-state index contributed by atoms with van der Waals surface area (Å²) in [6.45, 7) is 1.55. The number of fused-ring (bicyclic) bond motifs is 1. The molecule has 2 aromatic rings. The number of pyridine rings is 1. The van der Waals surface area contributed by atoms with Crippen LogP contribution >= 0.6 is 0 Å². The maximum atomic E-state index is 15.0. The minimum absolute atomic E-state index is 0.0622. The number of ether oxygens (including phenoxy) is 2. The fourth-order valence-electron chi connectivity index (χ4n) is 3.76. The summed E-state index contributed by atoms with van der Waals surface area (Å²) in [5.74, 6) is -1.90. The lowest BCUT2D eigenvalue weighted by atomic mass is 9.82. The van der Waals surface area contributed by atoms with Crippen LogP contribution in [-0.2, 0) is 20.3 Å². The van der Waals surface area contributed by atoms with Gasteiger partial charge in [0.15, 0.2) is 5.82 Å². The second-order valence-corrected chi connectivity index (χ2v) is 9.43. The van der Waals surface area contributed by atoms with Crippen molar-refractivity contribution in [3.05, 3.63) is 53.7 Å². The van der Waals surface area contributed by atoms with Crippen LogP contribution in [0.25, 0.3) is 0 Å². The van der Waals surface area contributed by atoms with Crippen LogP contribution in [0.1, 0.15) is 18.9 Å². The highest BCUT2D eigenvalue weighted by Crippen LogP contribution is 2.45. The van der Waals surface area contributed by atoms with E-state index in [4.69, 9.17) is 15.2 Å². The molecule has 160 valence electrons. The maximum absolute atomic E-state index is 15.0. The number of aromatic nitrogens is 1. The Morgan fingerprint density at radius 2 is 2.07 bits per heavy atom. The van der Waals surface area contributed by atoms with Crippen LogP contribution in [0.2, 0.25) is 0 Å². The maximum Gasteiger partial charge on any atom is 0.255 e. The van der Waals surface area contributed by atoms with E-state index < -0.39 is 32.4 Å². The van der Waals surface area contributed by atoms with Gasteiger partial charge in [-0.2, -0.15) is 0 Å². The molecule has 1 aromatic carbocycles. The molecule has 0 saturated carbocycles. The molecular weight excluding hydrogens is 418 g/mol. The number of hydrogen-bond acceptors (Lipinski definition) is 7. The van der Waals surface area contributed by atoms with Gasteiger partial charge in [0.05, 0.1) is 12.7 Å². The van der Waals surface area contributed by atoms with Crippen molar-refractivity contribution in [1.29, 1.82) is 0 Å². The monoisotopic (exact) mass is 438 g/mol. The van der Waals surface area contributed by atoms with Gasteiger partial charge in [-0.25, -0.2) is 31.5 Å². The van der Waals surface area contributed by atoms with E-state index in [1.54, 1.807) is 6.92 Å². The number of benzene rings is 1. The summed E-state index contributed by atoms with van der Waals surface area (Å²) in [6, 6.07) is 6.26. The predicted octanol–water partition coefficient (Wildman–Crippen LogP) is 2.11. The molecule has 2 N–H and O–H groups in total. The van der Waals surface area contributed by atoms with E-state index in [2.05, 4.69) is 9.98 Å². The van der Waals surface area contributed by atoms with Crippen molar-refractivity contribution in [2.75, 3.05) is 13.7 Å². The van der Waals surface area contributed by atoms with Gasteiger partial charge in [-0.1, -0.05) is 0 Å². The normalized spacial score (nSPS) is 27.9. The molecule has 0 unspecified atom stereocenters. The Morgan fingerprint density at radius 3 is 2.80 bits per heavy atom. The smallest absolute Gasteiger partial charge is 0.255 e. The van der Waals surface area contributed by atoms with Crippen LogP contribution in [-0.4, -0.2) is 48.7 Å². The van der Waals surface area contributed by atoms with Crippen LogP contribution in [0.4, 0.5) is 8.78 Å². The molecule has 1 fully saturated rings. The van der Waals surface area contributed by atoms with E-state index in [0.29, 0.717) is 0 Å². The Morgan fingerprint density at radius 1 is 1.30 bits per heavy atom. The summed E-state index contributed by atoms with van der Waals surface area (Å²) < 4.78 is 67.2. The van der Waals surface area contributed by atoms with Crippen molar-refractivity contribution in [3.8, 4) is 11.6 Å². The molecule has 0 radical (unpaired) electrons. The van der Waals surface area contributed by atoms with E-state index in [9.17, 15) is 17.2 Å². The van der Waals surface area contributed by atoms with E-state index in [1.165, 1.54) is 37.5 Å². The van der Waals surface area contributed by atoms with Gasteiger partial charge in [0.25, 0.3) is 5.88 Å². The van der Waals surface area contributed by atoms with Gasteiger partial charge in [0, 0.05) is 18.8 Å². The average molecular weight is 438 g/mol. The van der Waals surface area contributed by atoms with Gasteiger partial charge in [-0.3, -0.25) is 0 Å². The zero-order chi connectivity index (χ0) is 21.7. The van der Waals surface area contributed by atoms with Crippen LogP contribution in [0, 0.1) is 11.6 Å². The molecular formula is C19H20F2N4O4S. The largest absolute Gasteiger partial charge is 0.436 e. The Labute approximate surface area is 172 Å². The second-order valence-electron chi connectivity index (χ2n) is 7.29. The number of nitrogens with two attached hydrogens (primary N) is 1. The fourth-order valence-corrected chi connectivity index (χ4v) is 5.70. The van der Waals surface area contributed by atoms with Crippen LogP contribution < -0.4 is 10.5 Å². The number of nitrogens with zero attached hydrogens (tertiary/aromatic N) is 3. The topological polar surface area (TPSA) is 107 Å². The third-order valence-electron chi connectivity index (χ3n) is 5.39. The molecule has 2 aliphatic rings. The van der Waals surface area contributed by atoms with E-state index in [-0.39, 0.29) is 42.3 Å². The van der Waals surface area contributed by atoms with Gasteiger partial charge in [-0.15, -0.1) is 0 Å². The molecule has 0 amide bonds. The number of aliphatic imine (C=N–C) groups is 1. The van der Waals surface area contributed by atoms with Gasteiger partial charge < -0.3 is 15.2 Å². The summed E-state index contributed by atoms with van der Waals surface area (Å²) in [5.41, 5.74) is 4.21. The van der Waals surface area contributed by atoms with Crippen molar-refractivity contribution in [2.45, 2.75) is 30.2 Å². The highest BCUT2D eigenvalue weighted by atomic mass is 32.2. The first-order valence-electron chi connectivity index (χ1n) is 9.18. The Kier molecular flexibility index (Phi) is 4.89. The number of rotatable bonds is 3. The number of sulfonamides is 1. The zero-order valence-electron chi connectivity index (χ0n) is 16.2. The van der Waals surface area contributed by atoms with Crippen LogP contribution in [0.15, 0.2) is 41.5 Å². The van der Waals surface area contributed by atoms with Crippen molar-refractivity contribution in [2.24, 2.45) is 10.7 Å². The molecule has 11 heteroatoms. The minimum Gasteiger partial charge on any atom is -0.436 e. The fraction of sp³-hybridized carbons (Fsp3) is 0.368. The highest BCUT2D eigenvalue weighted by Gasteiger charge is 2.57. The molecule has 0 spiro atoms. The van der Waals surface area contributed by atoms with Crippen molar-refractivity contribution >= 4 is 16.0 Å². The molecule has 8 nitrogen and oxygen atoms in total. The molecule has 0 aliphatic carbocycles. The second kappa shape index (κ2) is 7.17. The Hall–Kier alpha value is -2.79. The summed E-state index contributed by atoms with van der Waals surface area (Å²) in [4.78, 5) is 8.18. The Balaban J connectivity index is 1.86. The van der Waals surface area contributed by atoms with Crippen molar-refractivity contribution < 1.29 is 26.7 Å². The molecule has 3 heterocycles. The molecule has 2 aliphatic heterocycles. The van der Waals surface area contributed by atoms with E-state index in [1.807, 2.05) is 0 Å². The van der Waals surface area contributed by atoms with Gasteiger partial charge in [0.1, 0.15) is 22.4 Å². The first kappa shape index (κ1) is 20.5. The SMILES string of the molecule is C[C@H]1C[C@@H]2[C@](c3cc(Oc4ncccc4F)ccc3F)(CO1)N=C(N)N(C)S2(=O)=O. The third-order valence-corrected chi connectivity index (χ3v) is 7.64. The van der Waals surface area contributed by atoms with E-state index >= 15 is 0 Å². The Bertz CT molecular complexity index is 1130. The summed E-state index contributed by atoms with van der Waals surface area (Å²) in [6.07, 6.45) is 1.08. The first-order valence-corrected chi connectivity index (χ1v) is 10.7. The molecule has 1 saturated heterocycles.